The van der Waals surface area contributed by atoms with Crippen LogP contribution in [0, 0.1) is 0 Å². The molecule has 0 aliphatic carbocycles. The van der Waals surface area contributed by atoms with Crippen molar-refractivity contribution in [2.75, 3.05) is 7.11 Å². The van der Waals surface area contributed by atoms with Gasteiger partial charge in [0.25, 0.3) is 0 Å². The molecule has 2 N–H and O–H groups in total. The number of benzene rings is 1. The molecule has 0 amide bonds. The van der Waals surface area contributed by atoms with Crippen molar-refractivity contribution >= 4 is 45.9 Å². The summed E-state index contributed by atoms with van der Waals surface area (Å²) in [5.41, 5.74) is 6.19. The molecular weight excluding hydrogens is 305 g/mol. The minimum atomic E-state index is -0.843. The van der Waals surface area contributed by atoms with E-state index in [1.165, 1.54) is 7.11 Å². The lowest BCUT2D eigenvalue weighted by Crippen LogP contribution is -2.22. The molecule has 1 atom stereocenters. The molecule has 84 valence electrons. The minimum Gasteiger partial charge on any atom is -0.468 e. The Bertz CT molecular complexity index is 360. The average molecular weight is 315 g/mol. The molecule has 0 bridgehead atoms. The van der Waals surface area contributed by atoms with Gasteiger partial charge in [-0.1, -0.05) is 27.5 Å². The van der Waals surface area contributed by atoms with Crippen LogP contribution in [0.3, 0.4) is 0 Å². The normalized spacial score (nSPS) is 11.5. The number of hydrogen-bond donors (Lipinski definition) is 1. The molecule has 0 saturated carbocycles. The molecule has 0 radical (unpaired) electrons. The smallest absolute Gasteiger partial charge is 0.327 e. The van der Waals surface area contributed by atoms with Crippen LogP contribution in [-0.2, 0) is 9.53 Å². The minimum absolute atomic E-state index is 0. The van der Waals surface area contributed by atoms with Gasteiger partial charge in [-0.2, -0.15) is 0 Å². The highest BCUT2D eigenvalue weighted by Crippen LogP contribution is 2.25. The Balaban J connectivity index is 0.00000196. The number of nitrogens with two attached hydrogens (primary N) is 1. The van der Waals surface area contributed by atoms with Crippen LogP contribution in [0.25, 0.3) is 0 Å². The van der Waals surface area contributed by atoms with Gasteiger partial charge >= 0.3 is 5.97 Å². The topological polar surface area (TPSA) is 52.3 Å². The van der Waals surface area contributed by atoms with Crippen molar-refractivity contribution in [2.24, 2.45) is 5.73 Å². The Morgan fingerprint density at radius 3 is 2.73 bits per heavy atom. The Labute approximate surface area is 107 Å². The molecule has 0 aliphatic rings. The average Bonchev–Trinajstić information content (AvgIpc) is 2.19. The van der Waals surface area contributed by atoms with Crippen molar-refractivity contribution < 1.29 is 9.53 Å². The number of esters is 1. The third kappa shape index (κ3) is 3.65. The zero-order chi connectivity index (χ0) is 10.7. The molecule has 0 saturated heterocycles. The van der Waals surface area contributed by atoms with Gasteiger partial charge in [-0.05, 0) is 23.8 Å². The molecular formula is C9H10BrCl2NO2. The van der Waals surface area contributed by atoms with E-state index in [9.17, 15) is 4.79 Å². The molecule has 1 rings (SSSR count). The first-order chi connectivity index (χ1) is 6.56. The molecule has 0 heterocycles. The van der Waals surface area contributed by atoms with Gasteiger partial charge in [0.2, 0.25) is 0 Å². The lowest BCUT2D eigenvalue weighted by atomic mass is 10.1. The number of ether oxygens (including phenoxy) is 1. The highest BCUT2D eigenvalue weighted by Gasteiger charge is 2.19. The second-order valence-electron chi connectivity index (χ2n) is 2.67. The van der Waals surface area contributed by atoms with E-state index in [0.717, 1.165) is 4.47 Å². The van der Waals surface area contributed by atoms with E-state index in [-0.39, 0.29) is 12.4 Å². The standard InChI is InChI=1S/C9H9BrClNO2.ClH/c1-14-9(13)8(12)6-4-5(10)2-3-7(6)11;/h2-4,8H,12H2,1H3;1H. The lowest BCUT2D eigenvalue weighted by molar-refractivity contribution is -0.142. The zero-order valence-electron chi connectivity index (χ0n) is 7.87. The maximum Gasteiger partial charge on any atom is 0.327 e. The third-order valence-corrected chi connectivity index (χ3v) is 2.59. The fourth-order valence-electron chi connectivity index (χ4n) is 1.01. The second-order valence-corrected chi connectivity index (χ2v) is 3.99. The van der Waals surface area contributed by atoms with Gasteiger partial charge in [-0.3, -0.25) is 4.79 Å². The Morgan fingerprint density at radius 1 is 1.60 bits per heavy atom. The van der Waals surface area contributed by atoms with Crippen LogP contribution < -0.4 is 5.73 Å². The highest BCUT2D eigenvalue weighted by atomic mass is 79.9. The lowest BCUT2D eigenvalue weighted by Gasteiger charge is -2.11. The van der Waals surface area contributed by atoms with E-state index in [4.69, 9.17) is 17.3 Å². The van der Waals surface area contributed by atoms with Gasteiger partial charge in [-0.15, -0.1) is 12.4 Å². The summed E-state index contributed by atoms with van der Waals surface area (Å²) in [6.45, 7) is 0. The summed E-state index contributed by atoms with van der Waals surface area (Å²) < 4.78 is 5.34. The molecule has 1 aromatic rings. The van der Waals surface area contributed by atoms with E-state index in [2.05, 4.69) is 20.7 Å². The predicted molar refractivity (Wildman–Crippen MR) is 65.3 cm³/mol. The number of halogens is 3. The summed E-state index contributed by atoms with van der Waals surface area (Å²) >= 11 is 9.15. The first-order valence-corrected chi connectivity index (χ1v) is 5.01. The van der Waals surface area contributed by atoms with E-state index >= 15 is 0 Å². The van der Waals surface area contributed by atoms with Gasteiger partial charge in [-0.25, -0.2) is 0 Å². The van der Waals surface area contributed by atoms with Crippen LogP contribution >= 0.6 is 39.9 Å². The SMILES string of the molecule is COC(=O)C(N)c1cc(Br)ccc1Cl.Cl. The molecule has 3 nitrogen and oxygen atoms in total. The Kier molecular flexibility index (Phi) is 6.20. The molecule has 15 heavy (non-hydrogen) atoms. The van der Waals surface area contributed by atoms with Gasteiger partial charge in [0.15, 0.2) is 0 Å². The fraction of sp³-hybridized carbons (Fsp3) is 0.222. The van der Waals surface area contributed by atoms with Gasteiger partial charge in [0.1, 0.15) is 6.04 Å². The molecule has 6 heteroatoms. The number of rotatable bonds is 2. The molecule has 1 aromatic carbocycles. The van der Waals surface area contributed by atoms with E-state index in [1.807, 2.05) is 0 Å². The molecule has 1 unspecified atom stereocenters. The summed E-state index contributed by atoms with van der Waals surface area (Å²) in [6.07, 6.45) is 0. The van der Waals surface area contributed by atoms with E-state index in [1.54, 1.807) is 18.2 Å². The maximum atomic E-state index is 11.2. The number of carbonyl (C=O) groups is 1. The van der Waals surface area contributed by atoms with Crippen molar-refractivity contribution in [3.05, 3.63) is 33.3 Å². The van der Waals surface area contributed by atoms with Crippen LogP contribution in [0.1, 0.15) is 11.6 Å². The van der Waals surface area contributed by atoms with Crippen molar-refractivity contribution in [2.45, 2.75) is 6.04 Å². The van der Waals surface area contributed by atoms with Gasteiger partial charge < -0.3 is 10.5 Å². The molecule has 0 aliphatic heterocycles. The van der Waals surface area contributed by atoms with Crippen molar-refractivity contribution in [3.63, 3.8) is 0 Å². The third-order valence-electron chi connectivity index (χ3n) is 1.75. The van der Waals surface area contributed by atoms with Gasteiger partial charge in [0, 0.05) is 9.50 Å². The first kappa shape index (κ1) is 14.7. The summed E-state index contributed by atoms with van der Waals surface area (Å²) in [7, 11) is 1.29. The molecule has 0 aromatic heterocycles. The molecule has 0 spiro atoms. The predicted octanol–water partition coefficient (Wildman–Crippen LogP) is 2.70. The van der Waals surface area contributed by atoms with Crippen molar-refractivity contribution in [3.8, 4) is 0 Å². The van der Waals surface area contributed by atoms with E-state index in [0.29, 0.717) is 10.6 Å². The van der Waals surface area contributed by atoms with E-state index < -0.39 is 12.0 Å². The summed E-state index contributed by atoms with van der Waals surface area (Å²) in [4.78, 5) is 11.2. The van der Waals surface area contributed by atoms with Crippen LogP contribution in [0.4, 0.5) is 0 Å². The number of carbonyl (C=O) groups excluding carboxylic acids is 1. The quantitative estimate of drug-likeness (QED) is 0.854. The molecule has 0 fully saturated rings. The Morgan fingerprint density at radius 2 is 2.20 bits per heavy atom. The first-order valence-electron chi connectivity index (χ1n) is 3.84. The summed E-state index contributed by atoms with van der Waals surface area (Å²) in [5, 5.41) is 0.450. The number of hydrogen-bond acceptors (Lipinski definition) is 3. The van der Waals surface area contributed by atoms with Crippen molar-refractivity contribution in [1.29, 1.82) is 0 Å². The van der Waals surface area contributed by atoms with Crippen LogP contribution in [0.5, 0.6) is 0 Å². The zero-order valence-corrected chi connectivity index (χ0v) is 11.0. The summed E-state index contributed by atoms with van der Waals surface area (Å²) in [6, 6.07) is 4.30. The maximum absolute atomic E-state index is 11.2. The second kappa shape index (κ2) is 6.33. The monoisotopic (exact) mass is 313 g/mol. The number of methoxy groups -OCH3 is 1. The van der Waals surface area contributed by atoms with Crippen LogP contribution in [-0.4, -0.2) is 13.1 Å². The van der Waals surface area contributed by atoms with Gasteiger partial charge in [0.05, 0.1) is 7.11 Å². The fourth-order valence-corrected chi connectivity index (χ4v) is 1.62. The van der Waals surface area contributed by atoms with Crippen LogP contribution in [0.15, 0.2) is 22.7 Å². The Hall–Kier alpha value is -0.290. The van der Waals surface area contributed by atoms with Crippen molar-refractivity contribution in [1.82, 2.24) is 0 Å². The van der Waals surface area contributed by atoms with Crippen LogP contribution in [0.2, 0.25) is 5.02 Å². The largest absolute Gasteiger partial charge is 0.468 e. The highest BCUT2D eigenvalue weighted by molar-refractivity contribution is 9.10. The summed E-state index contributed by atoms with van der Waals surface area (Å²) in [5.74, 6) is -0.509.